The molecular formula is C8H6Cl. The van der Waals surface area contributed by atoms with E-state index in [4.69, 9.17) is 11.6 Å². The number of halogens is 1. The van der Waals surface area contributed by atoms with Gasteiger partial charge in [0.2, 0.25) is 0 Å². The van der Waals surface area contributed by atoms with Crippen molar-refractivity contribution in [1.29, 1.82) is 0 Å². The van der Waals surface area contributed by atoms with Crippen LogP contribution in [0.5, 0.6) is 0 Å². The van der Waals surface area contributed by atoms with Crippen molar-refractivity contribution in [2.45, 2.75) is 0 Å². The van der Waals surface area contributed by atoms with Crippen LogP contribution in [-0.4, -0.2) is 0 Å². The van der Waals surface area contributed by atoms with Crippen LogP contribution in [0.1, 0.15) is 5.56 Å². The zero-order valence-corrected chi connectivity index (χ0v) is 5.65. The lowest BCUT2D eigenvalue weighted by Crippen LogP contribution is -1.68. The lowest BCUT2D eigenvalue weighted by atomic mass is 10.2. The van der Waals surface area contributed by atoms with E-state index in [-0.39, 0.29) is 0 Å². The SMILES string of the molecule is C=Cc1[c]ccc(Cl)c1. The van der Waals surface area contributed by atoms with Crippen LogP contribution in [-0.2, 0) is 0 Å². The van der Waals surface area contributed by atoms with Gasteiger partial charge in [0.05, 0.1) is 0 Å². The van der Waals surface area contributed by atoms with Gasteiger partial charge < -0.3 is 0 Å². The molecule has 1 heteroatoms. The molecule has 0 saturated heterocycles. The van der Waals surface area contributed by atoms with E-state index < -0.39 is 0 Å². The molecule has 1 aromatic carbocycles. The second kappa shape index (κ2) is 2.70. The average molecular weight is 138 g/mol. The molecule has 0 aliphatic rings. The molecule has 0 fully saturated rings. The molecule has 0 atom stereocenters. The summed E-state index contributed by atoms with van der Waals surface area (Å²) in [6, 6.07) is 8.33. The maximum Gasteiger partial charge on any atom is 0.0412 e. The van der Waals surface area contributed by atoms with Gasteiger partial charge in [-0.15, -0.1) is 0 Å². The maximum atomic E-state index is 5.66. The predicted octanol–water partition coefficient (Wildman–Crippen LogP) is 2.78. The number of benzene rings is 1. The van der Waals surface area contributed by atoms with E-state index in [9.17, 15) is 0 Å². The first kappa shape index (κ1) is 6.37. The third kappa shape index (κ3) is 1.58. The predicted molar refractivity (Wildman–Crippen MR) is 40.4 cm³/mol. The first-order valence-electron chi connectivity index (χ1n) is 2.62. The van der Waals surface area contributed by atoms with Crippen LogP contribution in [0.4, 0.5) is 0 Å². The summed E-state index contributed by atoms with van der Waals surface area (Å²) < 4.78 is 0. The van der Waals surface area contributed by atoms with Crippen molar-refractivity contribution in [2.24, 2.45) is 0 Å². The van der Waals surface area contributed by atoms with Gasteiger partial charge in [-0.25, -0.2) is 0 Å². The van der Waals surface area contributed by atoms with E-state index in [0.717, 1.165) is 10.6 Å². The second-order valence-electron chi connectivity index (χ2n) is 1.67. The summed E-state index contributed by atoms with van der Waals surface area (Å²) in [7, 11) is 0. The largest absolute Gasteiger partial charge is 0.0984 e. The molecule has 0 amide bonds. The molecule has 1 rings (SSSR count). The third-order valence-electron chi connectivity index (χ3n) is 1.01. The topological polar surface area (TPSA) is 0 Å². The maximum absolute atomic E-state index is 5.66. The summed E-state index contributed by atoms with van der Waals surface area (Å²) in [4.78, 5) is 0. The van der Waals surface area contributed by atoms with Crippen LogP contribution >= 0.6 is 11.6 Å². The fraction of sp³-hybridized carbons (Fsp3) is 0. The molecule has 1 aromatic rings. The Bertz CT molecular complexity index is 216. The van der Waals surface area contributed by atoms with Crippen LogP contribution < -0.4 is 0 Å². The van der Waals surface area contributed by atoms with Crippen molar-refractivity contribution in [3.63, 3.8) is 0 Å². The Labute approximate surface area is 59.8 Å². The molecule has 9 heavy (non-hydrogen) atoms. The van der Waals surface area contributed by atoms with Crippen LogP contribution in [0, 0.1) is 6.07 Å². The smallest absolute Gasteiger partial charge is 0.0412 e. The van der Waals surface area contributed by atoms with E-state index in [2.05, 4.69) is 12.6 Å². The molecule has 0 aliphatic heterocycles. The summed E-state index contributed by atoms with van der Waals surface area (Å²) in [6.07, 6.45) is 1.71. The monoisotopic (exact) mass is 137 g/mol. The minimum atomic E-state index is 0.726. The van der Waals surface area contributed by atoms with Crippen LogP contribution in [0.15, 0.2) is 24.8 Å². The molecular weight excluding hydrogens is 132 g/mol. The van der Waals surface area contributed by atoms with Crippen molar-refractivity contribution in [1.82, 2.24) is 0 Å². The van der Waals surface area contributed by atoms with Crippen molar-refractivity contribution in [2.75, 3.05) is 0 Å². The Morgan fingerprint density at radius 3 is 2.89 bits per heavy atom. The Balaban J connectivity index is 3.07. The standard InChI is InChI=1S/C8H6Cl/c1-2-7-4-3-5-8(9)6-7/h2-3,5-6H,1H2. The molecule has 0 saturated carbocycles. The van der Waals surface area contributed by atoms with Gasteiger partial charge in [0.15, 0.2) is 0 Å². The summed E-state index contributed by atoms with van der Waals surface area (Å²) in [6.45, 7) is 3.58. The molecule has 0 aliphatic carbocycles. The lowest BCUT2D eigenvalue weighted by molar-refractivity contribution is 1.64. The highest BCUT2D eigenvalue weighted by Crippen LogP contribution is 2.09. The van der Waals surface area contributed by atoms with Crippen LogP contribution in [0.25, 0.3) is 6.08 Å². The zero-order valence-electron chi connectivity index (χ0n) is 4.89. The van der Waals surface area contributed by atoms with Gasteiger partial charge in [-0.05, 0) is 23.8 Å². The molecule has 0 unspecified atom stereocenters. The number of hydrogen-bond donors (Lipinski definition) is 0. The minimum Gasteiger partial charge on any atom is -0.0984 e. The molecule has 0 spiro atoms. The van der Waals surface area contributed by atoms with E-state index in [1.165, 1.54) is 0 Å². The molecule has 45 valence electrons. The lowest BCUT2D eigenvalue weighted by Gasteiger charge is -1.89. The van der Waals surface area contributed by atoms with Gasteiger partial charge in [-0.1, -0.05) is 30.3 Å². The molecule has 0 heterocycles. The van der Waals surface area contributed by atoms with E-state index >= 15 is 0 Å². The highest BCUT2D eigenvalue weighted by Gasteiger charge is 1.85. The fourth-order valence-electron chi connectivity index (χ4n) is 0.574. The van der Waals surface area contributed by atoms with Gasteiger partial charge >= 0.3 is 0 Å². The van der Waals surface area contributed by atoms with E-state index in [0.29, 0.717) is 0 Å². The van der Waals surface area contributed by atoms with Gasteiger partial charge in [-0.3, -0.25) is 0 Å². The average Bonchev–Trinajstić information content (AvgIpc) is 1.88. The van der Waals surface area contributed by atoms with Crippen LogP contribution in [0.3, 0.4) is 0 Å². The van der Waals surface area contributed by atoms with Crippen LogP contribution in [0.2, 0.25) is 5.02 Å². The molecule has 0 N–H and O–H groups in total. The molecule has 1 radical (unpaired) electrons. The van der Waals surface area contributed by atoms with Gasteiger partial charge in [0.1, 0.15) is 0 Å². The summed E-state index contributed by atoms with van der Waals surface area (Å²) in [5.41, 5.74) is 0.933. The first-order chi connectivity index (χ1) is 4.33. The number of rotatable bonds is 1. The van der Waals surface area contributed by atoms with Crippen molar-refractivity contribution in [3.8, 4) is 0 Å². The van der Waals surface area contributed by atoms with Gasteiger partial charge in [-0.2, -0.15) is 0 Å². The number of hydrogen-bond acceptors (Lipinski definition) is 0. The van der Waals surface area contributed by atoms with Crippen molar-refractivity contribution in [3.05, 3.63) is 41.4 Å². The Kier molecular flexibility index (Phi) is 1.91. The fourth-order valence-corrected chi connectivity index (χ4v) is 0.754. The van der Waals surface area contributed by atoms with Gasteiger partial charge in [0.25, 0.3) is 0 Å². The quantitative estimate of drug-likeness (QED) is 0.559. The summed E-state index contributed by atoms with van der Waals surface area (Å²) in [5, 5.41) is 0.726. The minimum absolute atomic E-state index is 0.726. The third-order valence-corrected chi connectivity index (χ3v) is 1.24. The molecule has 0 bridgehead atoms. The van der Waals surface area contributed by atoms with Crippen molar-refractivity contribution >= 4 is 17.7 Å². The normalized spacial score (nSPS) is 9.00. The summed E-state index contributed by atoms with van der Waals surface area (Å²) in [5.74, 6) is 0. The molecule has 0 nitrogen and oxygen atoms in total. The zero-order chi connectivity index (χ0) is 6.69. The first-order valence-corrected chi connectivity index (χ1v) is 3.00. The Morgan fingerprint density at radius 1 is 1.67 bits per heavy atom. The van der Waals surface area contributed by atoms with E-state index in [1.807, 2.05) is 6.07 Å². The van der Waals surface area contributed by atoms with Crippen molar-refractivity contribution < 1.29 is 0 Å². The van der Waals surface area contributed by atoms with E-state index in [1.54, 1.807) is 18.2 Å². The Morgan fingerprint density at radius 2 is 2.44 bits per heavy atom. The van der Waals surface area contributed by atoms with Gasteiger partial charge in [0, 0.05) is 5.02 Å². The highest BCUT2D eigenvalue weighted by molar-refractivity contribution is 6.30. The highest BCUT2D eigenvalue weighted by atomic mass is 35.5. The second-order valence-corrected chi connectivity index (χ2v) is 2.10. The Hall–Kier alpha value is -0.750. The molecule has 0 aromatic heterocycles. The summed E-state index contributed by atoms with van der Waals surface area (Å²) >= 11 is 5.66.